The summed E-state index contributed by atoms with van der Waals surface area (Å²) in [5.74, 6) is -0.277. The molecule has 116 valence electrons. The first-order valence-electron chi connectivity index (χ1n) is 7.01. The summed E-state index contributed by atoms with van der Waals surface area (Å²) in [6.45, 7) is 5.59. The number of aromatic nitrogens is 2. The molecule has 0 aliphatic heterocycles. The van der Waals surface area contributed by atoms with Crippen LogP contribution in [0.4, 0.5) is 11.5 Å². The van der Waals surface area contributed by atoms with Crippen LogP contribution in [0.1, 0.15) is 38.4 Å². The van der Waals surface area contributed by atoms with Gasteiger partial charge in [0.25, 0.3) is 0 Å². The Bertz CT molecular complexity index is 563. The number of aryl methyl sites for hydroxylation is 1. The normalized spacial score (nSPS) is 14.5. The van der Waals surface area contributed by atoms with Crippen LogP contribution in [-0.4, -0.2) is 38.9 Å². The van der Waals surface area contributed by atoms with Crippen LogP contribution in [0.3, 0.4) is 0 Å². The Labute approximate surface area is 122 Å². The van der Waals surface area contributed by atoms with Crippen molar-refractivity contribution in [3.8, 4) is 0 Å². The van der Waals surface area contributed by atoms with Crippen LogP contribution in [0.15, 0.2) is 0 Å². The number of hydrogen-bond acceptors (Lipinski definition) is 5. The molecule has 1 fully saturated rings. The van der Waals surface area contributed by atoms with Crippen molar-refractivity contribution in [2.75, 3.05) is 18.0 Å². The lowest BCUT2D eigenvalue weighted by atomic mass is 10.3. The van der Waals surface area contributed by atoms with E-state index in [1.165, 1.54) is 0 Å². The average molecular weight is 296 g/mol. The summed E-state index contributed by atoms with van der Waals surface area (Å²) in [4.78, 5) is 23.6. The predicted octanol–water partition coefficient (Wildman–Crippen LogP) is 1.98. The number of carboxylic acids is 1. The molecule has 1 aliphatic carbocycles. The third kappa shape index (κ3) is 3.32. The Morgan fingerprint density at radius 3 is 2.62 bits per heavy atom. The molecule has 21 heavy (non-hydrogen) atoms. The first-order valence-corrected chi connectivity index (χ1v) is 7.01. The van der Waals surface area contributed by atoms with Gasteiger partial charge < -0.3 is 10.0 Å². The fraction of sp³-hybridized carbons (Fsp3) is 0.692. The van der Waals surface area contributed by atoms with Gasteiger partial charge in [0.05, 0.1) is 4.92 Å². The number of aliphatic carboxylic acids is 1. The largest absolute Gasteiger partial charge is 0.480 e. The Hall–Kier alpha value is -2.12. The molecule has 1 N–H and O–H groups in total. The van der Waals surface area contributed by atoms with E-state index in [4.69, 9.17) is 5.11 Å². The van der Waals surface area contributed by atoms with Gasteiger partial charge in [-0.05, 0) is 39.5 Å². The molecule has 1 saturated carbocycles. The third-order valence-corrected chi connectivity index (χ3v) is 3.50. The summed E-state index contributed by atoms with van der Waals surface area (Å²) in [7, 11) is 0. The molecule has 0 spiro atoms. The van der Waals surface area contributed by atoms with Crippen molar-refractivity contribution in [1.82, 2.24) is 9.78 Å². The number of hydrogen-bond donors (Lipinski definition) is 1. The highest BCUT2D eigenvalue weighted by Gasteiger charge is 2.34. The second kappa shape index (κ2) is 5.71. The summed E-state index contributed by atoms with van der Waals surface area (Å²) in [5, 5.41) is 24.7. The van der Waals surface area contributed by atoms with Crippen LogP contribution < -0.4 is 4.90 Å². The van der Waals surface area contributed by atoms with E-state index in [0.717, 1.165) is 12.8 Å². The minimum atomic E-state index is -1.00. The summed E-state index contributed by atoms with van der Waals surface area (Å²) in [5.41, 5.74) is 0.223. The molecule has 0 aromatic carbocycles. The number of anilines is 1. The fourth-order valence-electron chi connectivity index (χ4n) is 2.40. The summed E-state index contributed by atoms with van der Waals surface area (Å²) in [6, 6.07) is -0.0807. The van der Waals surface area contributed by atoms with E-state index in [2.05, 4.69) is 5.10 Å². The Morgan fingerprint density at radius 1 is 1.57 bits per heavy atom. The summed E-state index contributed by atoms with van der Waals surface area (Å²) < 4.78 is 1.55. The fourth-order valence-corrected chi connectivity index (χ4v) is 2.40. The number of carboxylic acid groups (broad SMARTS) is 1. The third-order valence-electron chi connectivity index (χ3n) is 3.50. The Kier molecular flexibility index (Phi) is 4.15. The molecule has 8 heteroatoms. The van der Waals surface area contributed by atoms with Crippen LogP contribution in [-0.2, 0) is 4.79 Å². The highest BCUT2D eigenvalue weighted by Crippen LogP contribution is 2.37. The van der Waals surface area contributed by atoms with Crippen molar-refractivity contribution in [2.24, 2.45) is 5.92 Å². The average Bonchev–Trinajstić information content (AvgIpc) is 3.08. The molecule has 1 aromatic heterocycles. The molecule has 0 radical (unpaired) electrons. The van der Waals surface area contributed by atoms with E-state index in [0.29, 0.717) is 24.0 Å². The molecule has 8 nitrogen and oxygen atoms in total. The van der Waals surface area contributed by atoms with Crippen molar-refractivity contribution >= 4 is 17.5 Å². The van der Waals surface area contributed by atoms with E-state index >= 15 is 0 Å². The van der Waals surface area contributed by atoms with Crippen molar-refractivity contribution in [2.45, 2.75) is 39.7 Å². The van der Waals surface area contributed by atoms with Crippen LogP contribution in [0.25, 0.3) is 0 Å². The molecule has 1 aliphatic rings. The van der Waals surface area contributed by atoms with Gasteiger partial charge in [0, 0.05) is 12.6 Å². The van der Waals surface area contributed by atoms with Crippen LogP contribution in [0, 0.1) is 23.0 Å². The van der Waals surface area contributed by atoms with Gasteiger partial charge in [0.2, 0.25) is 5.82 Å². The molecular formula is C13H20N4O4. The van der Waals surface area contributed by atoms with Crippen molar-refractivity contribution < 1.29 is 14.8 Å². The maximum Gasteiger partial charge on any atom is 0.333 e. The minimum absolute atomic E-state index is 0.0807. The topological polar surface area (TPSA) is 102 Å². The standard InChI is InChI=1S/C13H20N4O4/c1-8(2)16-13(12(17(20)21)9(3)14-16)15(7-11(18)19)6-10-4-5-10/h8,10H,4-7H2,1-3H3,(H,18,19). The number of nitrogens with zero attached hydrogens (tertiary/aromatic N) is 4. The van der Waals surface area contributed by atoms with Crippen molar-refractivity contribution in [3.05, 3.63) is 15.8 Å². The van der Waals surface area contributed by atoms with Gasteiger partial charge in [-0.2, -0.15) is 5.10 Å². The summed E-state index contributed by atoms with van der Waals surface area (Å²) >= 11 is 0. The molecule has 1 heterocycles. The number of nitro groups is 1. The van der Waals surface area contributed by atoms with Crippen LogP contribution in [0.2, 0.25) is 0 Å². The molecule has 0 unspecified atom stereocenters. The van der Waals surface area contributed by atoms with Crippen LogP contribution in [0.5, 0.6) is 0 Å². The number of carbonyl (C=O) groups is 1. The molecule has 0 saturated heterocycles. The summed E-state index contributed by atoms with van der Waals surface area (Å²) in [6.07, 6.45) is 2.08. The van der Waals surface area contributed by atoms with E-state index in [1.807, 2.05) is 13.8 Å². The lowest BCUT2D eigenvalue weighted by molar-refractivity contribution is -0.384. The molecule has 0 bridgehead atoms. The van der Waals surface area contributed by atoms with Gasteiger partial charge in [0.15, 0.2) is 0 Å². The quantitative estimate of drug-likeness (QED) is 0.609. The molecule has 1 aromatic rings. The Balaban J connectivity index is 2.49. The zero-order valence-corrected chi connectivity index (χ0v) is 12.4. The van der Waals surface area contributed by atoms with Gasteiger partial charge in [-0.1, -0.05) is 0 Å². The van der Waals surface area contributed by atoms with Gasteiger partial charge in [-0.25, -0.2) is 4.68 Å². The van der Waals surface area contributed by atoms with E-state index < -0.39 is 10.9 Å². The van der Waals surface area contributed by atoms with E-state index in [-0.39, 0.29) is 18.3 Å². The zero-order chi connectivity index (χ0) is 15.7. The van der Waals surface area contributed by atoms with E-state index in [1.54, 1.807) is 16.5 Å². The lowest BCUT2D eigenvalue weighted by Gasteiger charge is -2.24. The van der Waals surface area contributed by atoms with Crippen molar-refractivity contribution in [1.29, 1.82) is 0 Å². The highest BCUT2D eigenvalue weighted by molar-refractivity contribution is 5.75. The molecule has 0 amide bonds. The van der Waals surface area contributed by atoms with Gasteiger partial charge in [-0.15, -0.1) is 0 Å². The number of rotatable bonds is 7. The van der Waals surface area contributed by atoms with Gasteiger partial charge in [-0.3, -0.25) is 14.9 Å². The van der Waals surface area contributed by atoms with Crippen LogP contribution >= 0.6 is 0 Å². The molecule has 2 rings (SSSR count). The smallest absolute Gasteiger partial charge is 0.333 e. The SMILES string of the molecule is Cc1nn(C(C)C)c(N(CC(=O)O)CC2CC2)c1[N+](=O)[O-]. The first-order chi connectivity index (χ1) is 9.81. The lowest BCUT2D eigenvalue weighted by Crippen LogP contribution is -2.34. The zero-order valence-electron chi connectivity index (χ0n) is 12.4. The second-order valence-corrected chi connectivity index (χ2v) is 5.77. The maximum atomic E-state index is 11.3. The van der Waals surface area contributed by atoms with Gasteiger partial charge in [0.1, 0.15) is 12.2 Å². The molecule has 0 atom stereocenters. The van der Waals surface area contributed by atoms with E-state index in [9.17, 15) is 14.9 Å². The Morgan fingerprint density at radius 2 is 2.19 bits per heavy atom. The highest BCUT2D eigenvalue weighted by atomic mass is 16.6. The first kappa shape index (κ1) is 15.3. The molecular weight excluding hydrogens is 276 g/mol. The predicted molar refractivity (Wildman–Crippen MR) is 76.6 cm³/mol. The minimum Gasteiger partial charge on any atom is -0.480 e. The maximum absolute atomic E-state index is 11.3. The van der Waals surface area contributed by atoms with Crippen molar-refractivity contribution in [3.63, 3.8) is 0 Å². The second-order valence-electron chi connectivity index (χ2n) is 5.77. The van der Waals surface area contributed by atoms with Gasteiger partial charge >= 0.3 is 11.7 Å². The monoisotopic (exact) mass is 296 g/mol.